The van der Waals surface area contributed by atoms with Crippen LogP contribution in [0.5, 0.6) is 11.5 Å². The largest absolute Gasteiger partial charge is 0.494 e. The van der Waals surface area contributed by atoms with Crippen LogP contribution < -0.4 is 14.8 Å². The number of amides is 1. The molecule has 168 valence electrons. The molecule has 31 heavy (non-hydrogen) atoms. The number of unbranched alkanes of at least 4 members (excludes halogenated alkanes) is 6. The highest BCUT2D eigenvalue weighted by molar-refractivity contribution is 6.11. The number of benzene rings is 2. The third-order valence-corrected chi connectivity index (χ3v) is 5.00. The standard InChI is InChI=1S/C26H35NO4/c1-3-5-7-8-9-13-19-30-22-16-17-24(31-26(29)27-18-6-4-2)23(20-22)25(28)21-14-11-10-12-15-21/h10-12,14-17,20H,3-9,13,18-19H2,1-2H3,(H,27,29). The molecule has 0 saturated carbocycles. The minimum Gasteiger partial charge on any atom is -0.494 e. The summed E-state index contributed by atoms with van der Waals surface area (Å²) < 4.78 is 11.3. The first kappa shape index (κ1) is 24.4. The van der Waals surface area contributed by atoms with Gasteiger partial charge in [0, 0.05) is 12.1 Å². The molecule has 0 aliphatic heterocycles. The number of hydrogen-bond acceptors (Lipinski definition) is 4. The Morgan fingerprint density at radius 2 is 1.55 bits per heavy atom. The van der Waals surface area contributed by atoms with Crippen molar-refractivity contribution in [3.63, 3.8) is 0 Å². The molecule has 0 radical (unpaired) electrons. The second-order valence-corrected chi connectivity index (χ2v) is 7.64. The van der Waals surface area contributed by atoms with Crippen LogP contribution in [-0.4, -0.2) is 25.0 Å². The van der Waals surface area contributed by atoms with Crippen LogP contribution in [0, 0.1) is 0 Å². The van der Waals surface area contributed by atoms with Gasteiger partial charge in [0.1, 0.15) is 11.5 Å². The molecule has 0 aromatic heterocycles. The summed E-state index contributed by atoms with van der Waals surface area (Å²) in [5.41, 5.74) is 0.851. The zero-order chi connectivity index (χ0) is 22.3. The molecule has 0 fully saturated rings. The molecule has 2 aromatic rings. The molecule has 0 heterocycles. The Hall–Kier alpha value is -2.82. The van der Waals surface area contributed by atoms with Gasteiger partial charge in [-0.2, -0.15) is 0 Å². The van der Waals surface area contributed by atoms with Crippen molar-refractivity contribution in [2.75, 3.05) is 13.2 Å². The summed E-state index contributed by atoms with van der Waals surface area (Å²) in [4.78, 5) is 25.2. The van der Waals surface area contributed by atoms with E-state index in [0.717, 1.165) is 25.7 Å². The van der Waals surface area contributed by atoms with Crippen LogP contribution >= 0.6 is 0 Å². The van der Waals surface area contributed by atoms with Gasteiger partial charge in [-0.1, -0.05) is 82.7 Å². The summed E-state index contributed by atoms with van der Waals surface area (Å²) >= 11 is 0. The van der Waals surface area contributed by atoms with Crippen LogP contribution in [-0.2, 0) is 0 Å². The third kappa shape index (κ3) is 8.83. The van der Waals surface area contributed by atoms with Gasteiger partial charge in [-0.05, 0) is 31.0 Å². The first-order chi connectivity index (χ1) is 15.2. The van der Waals surface area contributed by atoms with Crippen molar-refractivity contribution in [1.29, 1.82) is 0 Å². The van der Waals surface area contributed by atoms with Crippen LogP contribution in [0.2, 0.25) is 0 Å². The second-order valence-electron chi connectivity index (χ2n) is 7.64. The summed E-state index contributed by atoms with van der Waals surface area (Å²) in [5, 5.41) is 2.71. The van der Waals surface area contributed by atoms with Crippen LogP contribution in [0.3, 0.4) is 0 Å². The van der Waals surface area contributed by atoms with E-state index in [1.54, 1.807) is 30.3 Å². The molecular weight excluding hydrogens is 390 g/mol. The van der Waals surface area contributed by atoms with Crippen LogP contribution in [0.1, 0.15) is 81.1 Å². The molecule has 0 saturated heterocycles. The van der Waals surface area contributed by atoms with Gasteiger partial charge in [-0.3, -0.25) is 4.79 Å². The highest BCUT2D eigenvalue weighted by atomic mass is 16.6. The number of carbonyl (C=O) groups is 2. The Labute approximate surface area is 186 Å². The lowest BCUT2D eigenvalue weighted by Crippen LogP contribution is -2.28. The Morgan fingerprint density at radius 1 is 0.839 bits per heavy atom. The van der Waals surface area contributed by atoms with E-state index in [0.29, 0.717) is 30.0 Å². The first-order valence-corrected chi connectivity index (χ1v) is 11.5. The fourth-order valence-electron chi connectivity index (χ4n) is 3.19. The molecule has 0 bridgehead atoms. The van der Waals surface area contributed by atoms with E-state index in [1.165, 1.54) is 25.7 Å². The minimum absolute atomic E-state index is 0.207. The zero-order valence-corrected chi connectivity index (χ0v) is 18.8. The van der Waals surface area contributed by atoms with E-state index >= 15 is 0 Å². The molecule has 0 unspecified atom stereocenters. The lowest BCUT2D eigenvalue weighted by molar-refractivity contribution is 0.103. The molecule has 5 nitrogen and oxygen atoms in total. The van der Waals surface area contributed by atoms with Gasteiger partial charge in [-0.25, -0.2) is 4.79 Å². The molecular formula is C26H35NO4. The monoisotopic (exact) mass is 425 g/mol. The molecule has 1 amide bonds. The lowest BCUT2D eigenvalue weighted by atomic mass is 10.0. The fourth-order valence-corrected chi connectivity index (χ4v) is 3.19. The number of ketones is 1. The Bertz CT molecular complexity index is 804. The highest BCUT2D eigenvalue weighted by Crippen LogP contribution is 2.27. The summed E-state index contributed by atoms with van der Waals surface area (Å²) in [6.07, 6.45) is 8.39. The average Bonchev–Trinajstić information content (AvgIpc) is 2.79. The topological polar surface area (TPSA) is 64.6 Å². The van der Waals surface area contributed by atoms with Crippen LogP contribution in [0.25, 0.3) is 0 Å². The molecule has 2 aromatic carbocycles. The second kappa shape index (κ2) is 14.2. The molecule has 2 rings (SSSR count). The first-order valence-electron chi connectivity index (χ1n) is 11.5. The number of ether oxygens (including phenoxy) is 2. The maximum absolute atomic E-state index is 13.1. The number of hydrogen-bond donors (Lipinski definition) is 1. The van der Waals surface area contributed by atoms with E-state index in [2.05, 4.69) is 12.2 Å². The Kier molecular flexibility index (Phi) is 11.2. The van der Waals surface area contributed by atoms with Gasteiger partial charge in [0.25, 0.3) is 0 Å². The zero-order valence-electron chi connectivity index (χ0n) is 18.8. The Balaban J connectivity index is 2.06. The predicted octanol–water partition coefficient (Wildman–Crippen LogP) is 6.55. The van der Waals surface area contributed by atoms with Crippen molar-refractivity contribution in [3.8, 4) is 11.5 Å². The van der Waals surface area contributed by atoms with E-state index in [-0.39, 0.29) is 11.5 Å². The van der Waals surface area contributed by atoms with Crippen LogP contribution in [0.15, 0.2) is 48.5 Å². The van der Waals surface area contributed by atoms with Crippen molar-refractivity contribution in [2.45, 2.75) is 65.2 Å². The smallest absolute Gasteiger partial charge is 0.412 e. The highest BCUT2D eigenvalue weighted by Gasteiger charge is 2.18. The van der Waals surface area contributed by atoms with Crippen molar-refractivity contribution in [3.05, 3.63) is 59.7 Å². The fraction of sp³-hybridized carbons (Fsp3) is 0.462. The van der Waals surface area contributed by atoms with E-state index in [1.807, 2.05) is 25.1 Å². The molecule has 0 aliphatic rings. The molecule has 0 aliphatic carbocycles. The van der Waals surface area contributed by atoms with Gasteiger partial charge < -0.3 is 14.8 Å². The molecule has 0 spiro atoms. The quantitative estimate of drug-likeness (QED) is 0.275. The molecule has 5 heteroatoms. The molecule has 0 atom stereocenters. The minimum atomic E-state index is -0.559. The summed E-state index contributed by atoms with van der Waals surface area (Å²) in [6, 6.07) is 14.0. The number of carbonyl (C=O) groups excluding carboxylic acids is 2. The normalized spacial score (nSPS) is 10.5. The maximum Gasteiger partial charge on any atom is 0.412 e. The van der Waals surface area contributed by atoms with E-state index in [9.17, 15) is 9.59 Å². The van der Waals surface area contributed by atoms with E-state index in [4.69, 9.17) is 9.47 Å². The van der Waals surface area contributed by atoms with Crippen molar-refractivity contribution in [2.24, 2.45) is 0 Å². The summed E-state index contributed by atoms with van der Waals surface area (Å²) in [5.74, 6) is 0.628. The third-order valence-electron chi connectivity index (χ3n) is 5.00. The van der Waals surface area contributed by atoms with Gasteiger partial charge >= 0.3 is 6.09 Å². The van der Waals surface area contributed by atoms with Crippen molar-refractivity contribution in [1.82, 2.24) is 5.32 Å². The Morgan fingerprint density at radius 3 is 2.29 bits per heavy atom. The molecule has 1 N–H and O–H groups in total. The van der Waals surface area contributed by atoms with E-state index < -0.39 is 6.09 Å². The van der Waals surface area contributed by atoms with Crippen molar-refractivity contribution < 1.29 is 19.1 Å². The van der Waals surface area contributed by atoms with Gasteiger partial charge in [0.05, 0.1) is 12.2 Å². The summed E-state index contributed by atoms with van der Waals surface area (Å²) in [7, 11) is 0. The van der Waals surface area contributed by atoms with Crippen molar-refractivity contribution >= 4 is 11.9 Å². The van der Waals surface area contributed by atoms with Gasteiger partial charge in [0.2, 0.25) is 0 Å². The number of nitrogens with one attached hydrogen (secondary N) is 1. The van der Waals surface area contributed by atoms with Gasteiger partial charge in [-0.15, -0.1) is 0 Å². The van der Waals surface area contributed by atoms with Gasteiger partial charge in [0.15, 0.2) is 5.78 Å². The predicted molar refractivity (Wildman–Crippen MR) is 124 cm³/mol. The lowest BCUT2D eigenvalue weighted by Gasteiger charge is -2.13. The number of rotatable bonds is 14. The SMILES string of the molecule is CCCCCCCCOc1ccc(OC(=O)NCCCC)c(C(=O)c2ccccc2)c1. The van der Waals surface area contributed by atoms with Crippen LogP contribution in [0.4, 0.5) is 4.79 Å². The summed E-state index contributed by atoms with van der Waals surface area (Å²) in [6.45, 7) is 5.40. The maximum atomic E-state index is 13.1. The average molecular weight is 426 g/mol.